The maximum Gasteiger partial charge on any atom is 0.255 e. The van der Waals surface area contributed by atoms with Gasteiger partial charge in [0.1, 0.15) is 18.1 Å². The monoisotopic (exact) mass is 390 g/mol. The Hall–Kier alpha value is -3.80. The molecule has 3 rings (SSSR count). The van der Waals surface area contributed by atoms with Crippen LogP contribution in [0.2, 0.25) is 0 Å². The molecule has 0 atom stereocenters. The number of ether oxygens (including phenoxy) is 2. The van der Waals surface area contributed by atoms with Crippen molar-refractivity contribution in [3.63, 3.8) is 0 Å². The van der Waals surface area contributed by atoms with Gasteiger partial charge < -0.3 is 20.1 Å². The van der Waals surface area contributed by atoms with Crippen molar-refractivity contribution in [2.75, 3.05) is 25.6 Å². The number of methoxy groups -OCH3 is 1. The van der Waals surface area contributed by atoms with Gasteiger partial charge in [0.25, 0.3) is 11.8 Å². The van der Waals surface area contributed by atoms with Crippen LogP contribution >= 0.6 is 0 Å². The van der Waals surface area contributed by atoms with Crippen LogP contribution in [-0.2, 0) is 0 Å². The summed E-state index contributed by atoms with van der Waals surface area (Å²) in [5, 5.41) is 5.61. The van der Waals surface area contributed by atoms with E-state index in [-0.39, 0.29) is 11.8 Å². The number of carbonyl (C=O) groups excluding carboxylic acids is 2. The minimum atomic E-state index is -0.204. The fourth-order valence-electron chi connectivity index (χ4n) is 2.61. The summed E-state index contributed by atoms with van der Waals surface area (Å²) < 4.78 is 10.7. The third kappa shape index (κ3) is 5.84. The van der Waals surface area contributed by atoms with Gasteiger partial charge in [-0.2, -0.15) is 0 Å². The van der Waals surface area contributed by atoms with Crippen LogP contribution < -0.4 is 20.1 Å². The van der Waals surface area contributed by atoms with E-state index in [1.54, 1.807) is 55.6 Å². The number of hydrogen-bond acceptors (Lipinski definition) is 4. The summed E-state index contributed by atoms with van der Waals surface area (Å²) in [5.41, 5.74) is 1.71. The maximum atomic E-state index is 12.2. The Labute approximate surface area is 169 Å². The molecule has 0 spiro atoms. The average Bonchev–Trinajstić information content (AvgIpc) is 2.78. The molecule has 3 aromatic rings. The predicted octanol–water partition coefficient (Wildman–Crippen LogP) is 3.76. The van der Waals surface area contributed by atoms with Crippen LogP contribution in [-0.4, -0.2) is 32.1 Å². The molecule has 148 valence electrons. The molecule has 6 nitrogen and oxygen atoms in total. The Morgan fingerprint density at radius 2 is 1.38 bits per heavy atom. The van der Waals surface area contributed by atoms with E-state index in [1.165, 1.54) is 0 Å². The van der Waals surface area contributed by atoms with Crippen LogP contribution in [0, 0.1) is 0 Å². The Balaban J connectivity index is 1.44. The number of nitrogens with one attached hydrogen (secondary N) is 2. The van der Waals surface area contributed by atoms with Crippen molar-refractivity contribution in [2.24, 2.45) is 0 Å². The van der Waals surface area contributed by atoms with Gasteiger partial charge in [-0.3, -0.25) is 9.59 Å². The number of rotatable bonds is 8. The first kappa shape index (κ1) is 19.9. The topological polar surface area (TPSA) is 76.7 Å². The van der Waals surface area contributed by atoms with Gasteiger partial charge in [0.2, 0.25) is 0 Å². The van der Waals surface area contributed by atoms with E-state index >= 15 is 0 Å². The molecular formula is C23H22N2O4. The van der Waals surface area contributed by atoms with Gasteiger partial charge in [0, 0.05) is 16.8 Å². The Kier molecular flexibility index (Phi) is 6.84. The molecule has 0 aromatic heterocycles. The zero-order valence-electron chi connectivity index (χ0n) is 16.1. The largest absolute Gasteiger partial charge is 0.497 e. The van der Waals surface area contributed by atoms with E-state index in [0.29, 0.717) is 35.7 Å². The molecule has 0 unspecified atom stereocenters. The van der Waals surface area contributed by atoms with Crippen molar-refractivity contribution < 1.29 is 19.1 Å². The van der Waals surface area contributed by atoms with E-state index in [1.807, 2.05) is 30.3 Å². The summed E-state index contributed by atoms with van der Waals surface area (Å²) >= 11 is 0. The highest BCUT2D eigenvalue weighted by Crippen LogP contribution is 2.16. The number of anilines is 1. The van der Waals surface area contributed by atoms with Crippen LogP contribution in [0.15, 0.2) is 78.9 Å². The van der Waals surface area contributed by atoms with Gasteiger partial charge in [-0.05, 0) is 60.7 Å². The van der Waals surface area contributed by atoms with Crippen molar-refractivity contribution in [2.45, 2.75) is 0 Å². The SMILES string of the molecule is COc1ccc(OCCNC(=O)c2ccc(NC(=O)c3ccccc3)cc2)cc1. The first-order valence-corrected chi connectivity index (χ1v) is 9.17. The average molecular weight is 390 g/mol. The highest BCUT2D eigenvalue weighted by Gasteiger charge is 2.08. The van der Waals surface area contributed by atoms with Crippen molar-refractivity contribution in [3.05, 3.63) is 90.0 Å². The maximum absolute atomic E-state index is 12.2. The molecule has 2 amide bonds. The number of benzene rings is 3. The van der Waals surface area contributed by atoms with Crippen molar-refractivity contribution in [1.82, 2.24) is 5.32 Å². The molecule has 0 bridgehead atoms. The zero-order chi connectivity index (χ0) is 20.5. The van der Waals surface area contributed by atoms with Crippen LogP contribution in [0.25, 0.3) is 0 Å². The molecule has 0 aliphatic heterocycles. The second-order valence-corrected chi connectivity index (χ2v) is 6.18. The van der Waals surface area contributed by atoms with Gasteiger partial charge in [0.05, 0.1) is 13.7 Å². The van der Waals surface area contributed by atoms with Gasteiger partial charge in [0.15, 0.2) is 0 Å². The summed E-state index contributed by atoms with van der Waals surface area (Å²) in [6.07, 6.45) is 0. The fourth-order valence-corrected chi connectivity index (χ4v) is 2.61. The van der Waals surface area contributed by atoms with Gasteiger partial charge >= 0.3 is 0 Å². The highest BCUT2D eigenvalue weighted by molar-refractivity contribution is 6.04. The molecule has 0 fully saturated rings. The molecule has 2 N–H and O–H groups in total. The second kappa shape index (κ2) is 9.94. The molecule has 3 aromatic carbocycles. The molecule has 0 radical (unpaired) electrons. The second-order valence-electron chi connectivity index (χ2n) is 6.18. The third-order valence-electron chi connectivity index (χ3n) is 4.16. The van der Waals surface area contributed by atoms with E-state index in [2.05, 4.69) is 10.6 Å². The molecule has 0 aliphatic carbocycles. The highest BCUT2D eigenvalue weighted by atomic mass is 16.5. The molecular weight excluding hydrogens is 368 g/mol. The smallest absolute Gasteiger partial charge is 0.255 e. The summed E-state index contributed by atoms with van der Waals surface area (Å²) in [6.45, 7) is 0.723. The number of hydrogen-bond donors (Lipinski definition) is 2. The number of carbonyl (C=O) groups is 2. The zero-order valence-corrected chi connectivity index (χ0v) is 16.1. The van der Waals surface area contributed by atoms with E-state index in [4.69, 9.17) is 9.47 Å². The van der Waals surface area contributed by atoms with Crippen molar-refractivity contribution in [1.29, 1.82) is 0 Å². The quantitative estimate of drug-likeness (QED) is 0.574. The molecule has 0 heterocycles. The summed E-state index contributed by atoms with van der Waals surface area (Å²) in [6, 6.07) is 22.9. The summed E-state index contributed by atoms with van der Waals surface area (Å²) in [7, 11) is 1.61. The van der Waals surface area contributed by atoms with Crippen LogP contribution in [0.3, 0.4) is 0 Å². The lowest BCUT2D eigenvalue weighted by Gasteiger charge is -2.09. The van der Waals surface area contributed by atoms with Crippen molar-refractivity contribution >= 4 is 17.5 Å². The Morgan fingerprint density at radius 1 is 0.759 bits per heavy atom. The summed E-state index contributed by atoms with van der Waals surface area (Å²) in [5.74, 6) is 1.07. The lowest BCUT2D eigenvalue weighted by Crippen LogP contribution is -2.28. The van der Waals surface area contributed by atoms with Crippen LogP contribution in [0.4, 0.5) is 5.69 Å². The van der Waals surface area contributed by atoms with Crippen molar-refractivity contribution in [3.8, 4) is 11.5 Å². The molecule has 6 heteroatoms. The molecule has 0 saturated carbocycles. The summed E-state index contributed by atoms with van der Waals surface area (Å²) in [4.78, 5) is 24.4. The van der Waals surface area contributed by atoms with Gasteiger partial charge in [-0.15, -0.1) is 0 Å². The lowest BCUT2D eigenvalue weighted by atomic mass is 10.1. The first-order valence-electron chi connectivity index (χ1n) is 9.17. The van der Waals surface area contributed by atoms with Crippen LogP contribution in [0.5, 0.6) is 11.5 Å². The van der Waals surface area contributed by atoms with Gasteiger partial charge in [-0.25, -0.2) is 0 Å². The third-order valence-corrected chi connectivity index (χ3v) is 4.16. The minimum absolute atomic E-state index is 0.196. The fraction of sp³-hybridized carbons (Fsp3) is 0.130. The van der Waals surface area contributed by atoms with Gasteiger partial charge in [-0.1, -0.05) is 18.2 Å². The lowest BCUT2D eigenvalue weighted by molar-refractivity contribution is 0.0946. The van der Waals surface area contributed by atoms with E-state index in [9.17, 15) is 9.59 Å². The molecule has 0 saturated heterocycles. The Bertz CT molecular complexity index is 939. The molecule has 29 heavy (non-hydrogen) atoms. The van der Waals surface area contributed by atoms with E-state index < -0.39 is 0 Å². The first-order chi connectivity index (χ1) is 14.2. The minimum Gasteiger partial charge on any atom is -0.497 e. The normalized spacial score (nSPS) is 10.1. The molecule has 0 aliphatic rings. The predicted molar refractivity (Wildman–Crippen MR) is 112 cm³/mol. The van der Waals surface area contributed by atoms with E-state index in [0.717, 1.165) is 5.75 Å². The standard InChI is InChI=1S/C23H22N2O4/c1-28-20-11-13-21(14-12-20)29-16-15-24-22(26)18-7-9-19(10-8-18)25-23(27)17-5-3-2-4-6-17/h2-14H,15-16H2,1H3,(H,24,26)(H,25,27). The van der Waals surface area contributed by atoms with Crippen LogP contribution in [0.1, 0.15) is 20.7 Å². The number of amides is 2. The Morgan fingerprint density at radius 3 is 2.03 bits per heavy atom.